The van der Waals surface area contributed by atoms with Gasteiger partial charge in [-0.15, -0.1) is 0 Å². The smallest absolute Gasteiger partial charge is 0.333 e. The molecule has 0 bridgehead atoms. The number of esters is 3. The van der Waals surface area contributed by atoms with Crippen molar-refractivity contribution in [2.24, 2.45) is 5.92 Å². The number of carbonyl (C=O) groups excluding carboxylic acids is 4. The normalized spacial score (nSPS) is 22.2. The Morgan fingerprint density at radius 1 is 1.18 bits per heavy atom. The molecule has 2 N–H and O–H groups in total. The fourth-order valence-corrected chi connectivity index (χ4v) is 3.81. The number of aromatic nitrogens is 1. The number of carbonyl (C=O) groups is 4. The maximum Gasteiger partial charge on any atom is 0.333 e. The number of benzene rings is 1. The van der Waals surface area contributed by atoms with E-state index in [1.54, 1.807) is 32.1 Å². The van der Waals surface area contributed by atoms with E-state index >= 15 is 0 Å². The third-order valence-corrected chi connectivity index (χ3v) is 6.06. The van der Waals surface area contributed by atoms with Crippen molar-refractivity contribution in [1.29, 1.82) is 0 Å². The van der Waals surface area contributed by atoms with E-state index in [2.05, 4.69) is 10.3 Å². The van der Waals surface area contributed by atoms with Crippen LogP contribution in [0.15, 0.2) is 54.2 Å². The summed E-state index contributed by atoms with van der Waals surface area (Å²) < 4.78 is 21.6. The summed E-state index contributed by atoms with van der Waals surface area (Å²) in [5.41, 5.74) is 0.693. The number of nitrogens with zero attached hydrogens (tertiary/aromatic N) is 1. The summed E-state index contributed by atoms with van der Waals surface area (Å²) in [5, 5.41) is 12.6. The first-order valence-corrected chi connectivity index (χ1v) is 11.9. The standard InChI is InChI=1S/C27H30N2O9/c1-5-15(2)25(32)38-23-16(3)37-27(34)19(29-24(31)21-22(30)20(35-4)11-12-28-21)14-36-26(33)18(23)13-17-9-7-6-8-10-17/h5-12,16,18-19,23,30H,13-14H2,1-4H3,(H,29,31)/b15-5-. The first kappa shape index (κ1) is 28.2. The molecule has 0 saturated carbocycles. The Labute approximate surface area is 219 Å². The molecule has 3 rings (SSSR count). The second-order valence-electron chi connectivity index (χ2n) is 8.65. The lowest BCUT2D eigenvalue weighted by Gasteiger charge is -2.29. The van der Waals surface area contributed by atoms with Crippen molar-refractivity contribution in [2.45, 2.75) is 45.4 Å². The first-order valence-electron chi connectivity index (χ1n) is 11.9. The minimum Gasteiger partial charge on any atom is -0.503 e. The van der Waals surface area contributed by atoms with Crippen molar-refractivity contribution in [3.8, 4) is 11.5 Å². The SMILES string of the molecule is C/C=C(/C)C(=O)OC1C(C)OC(=O)C(NC(=O)c2nccc(OC)c2O)COC(=O)C1Cc1ccccc1. The summed E-state index contributed by atoms with van der Waals surface area (Å²) >= 11 is 0. The van der Waals surface area contributed by atoms with Crippen molar-refractivity contribution >= 4 is 23.8 Å². The second-order valence-corrected chi connectivity index (χ2v) is 8.65. The van der Waals surface area contributed by atoms with E-state index in [1.807, 2.05) is 18.2 Å². The van der Waals surface area contributed by atoms with Crippen LogP contribution in [0.4, 0.5) is 0 Å². The Hall–Kier alpha value is -4.41. The molecule has 11 nitrogen and oxygen atoms in total. The highest BCUT2D eigenvalue weighted by atomic mass is 16.6. The summed E-state index contributed by atoms with van der Waals surface area (Å²) in [7, 11) is 1.31. The Kier molecular flexibility index (Phi) is 9.42. The number of cyclic esters (lactones) is 2. The van der Waals surface area contributed by atoms with Crippen LogP contribution < -0.4 is 10.1 Å². The number of hydrogen-bond donors (Lipinski definition) is 2. The molecule has 2 heterocycles. The molecule has 1 aromatic carbocycles. The summed E-state index contributed by atoms with van der Waals surface area (Å²) in [6.45, 7) is 4.17. The summed E-state index contributed by atoms with van der Waals surface area (Å²) in [4.78, 5) is 55.5. The number of ether oxygens (including phenoxy) is 4. The van der Waals surface area contributed by atoms with Gasteiger partial charge in [-0.1, -0.05) is 36.4 Å². The van der Waals surface area contributed by atoms with Crippen LogP contribution in [0.1, 0.15) is 36.8 Å². The maximum atomic E-state index is 13.3. The molecule has 4 unspecified atom stereocenters. The Balaban J connectivity index is 1.89. The monoisotopic (exact) mass is 526 g/mol. The molecule has 1 aliphatic heterocycles. The largest absolute Gasteiger partial charge is 0.503 e. The van der Waals surface area contributed by atoms with Gasteiger partial charge in [-0.05, 0) is 32.8 Å². The predicted octanol–water partition coefficient (Wildman–Crippen LogP) is 2.12. The van der Waals surface area contributed by atoms with Gasteiger partial charge in [0.25, 0.3) is 5.91 Å². The molecule has 2 aromatic rings. The molecule has 1 fully saturated rings. The number of rotatable bonds is 7. The van der Waals surface area contributed by atoms with Crippen molar-refractivity contribution in [2.75, 3.05) is 13.7 Å². The van der Waals surface area contributed by atoms with E-state index in [-0.39, 0.29) is 12.2 Å². The Bertz CT molecular complexity index is 1210. The molecule has 11 heteroatoms. The number of hydrogen-bond acceptors (Lipinski definition) is 10. The van der Waals surface area contributed by atoms with Gasteiger partial charge in [-0.3, -0.25) is 9.59 Å². The van der Waals surface area contributed by atoms with Crippen LogP contribution in [-0.4, -0.2) is 65.9 Å². The van der Waals surface area contributed by atoms with Gasteiger partial charge in [0.15, 0.2) is 29.3 Å². The van der Waals surface area contributed by atoms with Crippen LogP contribution in [0.25, 0.3) is 0 Å². The molecular formula is C27H30N2O9. The van der Waals surface area contributed by atoms with Gasteiger partial charge < -0.3 is 29.4 Å². The molecule has 1 amide bonds. The first-order chi connectivity index (χ1) is 18.2. The molecular weight excluding hydrogens is 496 g/mol. The van der Waals surface area contributed by atoms with E-state index in [4.69, 9.17) is 18.9 Å². The van der Waals surface area contributed by atoms with Crippen molar-refractivity contribution in [3.63, 3.8) is 0 Å². The fourth-order valence-electron chi connectivity index (χ4n) is 3.81. The zero-order valence-electron chi connectivity index (χ0n) is 21.5. The third kappa shape index (κ3) is 6.67. The van der Waals surface area contributed by atoms with Crippen LogP contribution in [0.2, 0.25) is 0 Å². The average Bonchev–Trinajstić information content (AvgIpc) is 2.95. The van der Waals surface area contributed by atoms with Gasteiger partial charge >= 0.3 is 17.9 Å². The average molecular weight is 527 g/mol. The summed E-state index contributed by atoms with van der Waals surface area (Å²) in [5.74, 6) is -4.78. The highest BCUT2D eigenvalue weighted by Gasteiger charge is 2.42. The molecule has 1 aromatic heterocycles. The van der Waals surface area contributed by atoms with Gasteiger partial charge in [-0.2, -0.15) is 0 Å². The molecule has 0 aliphatic carbocycles. The lowest BCUT2D eigenvalue weighted by Crippen LogP contribution is -2.46. The Morgan fingerprint density at radius 3 is 2.55 bits per heavy atom. The quantitative estimate of drug-likeness (QED) is 0.312. The van der Waals surface area contributed by atoms with Crippen LogP contribution in [0.3, 0.4) is 0 Å². The van der Waals surface area contributed by atoms with Crippen LogP contribution in [0, 0.1) is 5.92 Å². The number of allylic oxidation sites excluding steroid dienone is 1. The molecule has 0 radical (unpaired) electrons. The molecule has 1 aliphatic rings. The number of amides is 1. The van der Waals surface area contributed by atoms with Gasteiger partial charge in [0.2, 0.25) is 0 Å². The zero-order valence-corrected chi connectivity index (χ0v) is 21.5. The minimum atomic E-state index is -1.43. The second kappa shape index (κ2) is 12.7. The maximum absolute atomic E-state index is 13.3. The third-order valence-electron chi connectivity index (χ3n) is 6.06. The minimum absolute atomic E-state index is 0.00655. The number of pyridine rings is 1. The molecule has 0 spiro atoms. The van der Waals surface area contributed by atoms with E-state index in [9.17, 15) is 24.3 Å². The van der Waals surface area contributed by atoms with Crippen molar-refractivity contribution in [3.05, 3.63) is 65.5 Å². The van der Waals surface area contributed by atoms with Crippen LogP contribution in [-0.2, 0) is 35.0 Å². The number of nitrogens with one attached hydrogen (secondary N) is 1. The van der Waals surface area contributed by atoms with Gasteiger partial charge in [0, 0.05) is 17.8 Å². The van der Waals surface area contributed by atoms with E-state index < -0.39 is 66.0 Å². The number of aromatic hydroxyl groups is 1. The molecule has 1 saturated heterocycles. The van der Waals surface area contributed by atoms with Gasteiger partial charge in [0.1, 0.15) is 18.6 Å². The van der Waals surface area contributed by atoms with Gasteiger partial charge in [0.05, 0.1) is 7.11 Å². The molecule has 38 heavy (non-hydrogen) atoms. The van der Waals surface area contributed by atoms with E-state index in [1.165, 1.54) is 26.3 Å². The van der Waals surface area contributed by atoms with Gasteiger partial charge in [-0.25, -0.2) is 14.6 Å². The lowest BCUT2D eigenvalue weighted by atomic mass is 9.91. The molecule has 4 atom stereocenters. The van der Waals surface area contributed by atoms with Crippen molar-refractivity contribution < 1.29 is 43.2 Å². The highest BCUT2D eigenvalue weighted by Crippen LogP contribution is 2.28. The topological polar surface area (TPSA) is 150 Å². The lowest BCUT2D eigenvalue weighted by molar-refractivity contribution is -0.172. The van der Waals surface area contributed by atoms with E-state index in [0.29, 0.717) is 5.57 Å². The summed E-state index contributed by atoms with van der Waals surface area (Å²) in [6, 6.07) is 8.98. The van der Waals surface area contributed by atoms with Crippen molar-refractivity contribution in [1.82, 2.24) is 10.3 Å². The fraction of sp³-hybridized carbons (Fsp3) is 0.370. The molecule has 202 valence electrons. The Morgan fingerprint density at radius 2 is 1.89 bits per heavy atom. The zero-order chi connectivity index (χ0) is 27.8. The number of methoxy groups -OCH3 is 1. The van der Waals surface area contributed by atoms with E-state index in [0.717, 1.165) is 5.56 Å². The summed E-state index contributed by atoms with van der Waals surface area (Å²) in [6.07, 6.45) is 0.710. The highest BCUT2D eigenvalue weighted by molar-refractivity contribution is 5.98. The van der Waals surface area contributed by atoms with Crippen LogP contribution >= 0.6 is 0 Å². The van der Waals surface area contributed by atoms with Crippen LogP contribution in [0.5, 0.6) is 11.5 Å². The predicted molar refractivity (Wildman–Crippen MR) is 133 cm³/mol.